The van der Waals surface area contributed by atoms with Crippen molar-refractivity contribution in [2.45, 2.75) is 39.1 Å². The van der Waals surface area contributed by atoms with E-state index in [1.54, 1.807) is 0 Å². The van der Waals surface area contributed by atoms with Crippen LogP contribution in [0.4, 0.5) is 0 Å². The number of hydrogen-bond acceptors (Lipinski definition) is 5. The van der Waals surface area contributed by atoms with Gasteiger partial charge in [-0.1, -0.05) is 36.4 Å². The number of aryl methyl sites for hydroxylation is 1. The number of aromatic amines is 1. The number of β-amino-alcohol motifs (C(OH)–C–C–N with tert-alkyl or cyclic N) is 1. The number of ether oxygens (including phenoxy) is 1. The topological polar surface area (TPSA) is 64.6 Å². The molecule has 0 saturated heterocycles. The third kappa shape index (κ3) is 6.17. The van der Waals surface area contributed by atoms with E-state index >= 15 is 0 Å². The molecule has 0 fully saturated rings. The number of hydrogen-bond donors (Lipinski definition) is 2. The van der Waals surface area contributed by atoms with Crippen LogP contribution in [0.3, 0.4) is 0 Å². The second-order valence-corrected chi connectivity index (χ2v) is 8.55. The number of benzene rings is 2. The number of fused-ring (bicyclic) bond motifs is 1. The lowest BCUT2D eigenvalue weighted by Gasteiger charge is -2.30. The van der Waals surface area contributed by atoms with Gasteiger partial charge < -0.3 is 14.8 Å². The molecule has 6 heteroatoms. The van der Waals surface area contributed by atoms with E-state index in [1.807, 2.05) is 31.3 Å². The van der Waals surface area contributed by atoms with Crippen LogP contribution in [0.1, 0.15) is 28.2 Å². The summed E-state index contributed by atoms with van der Waals surface area (Å²) in [6.45, 7) is 6.36. The molecule has 1 aromatic heterocycles. The summed E-state index contributed by atoms with van der Waals surface area (Å²) in [6.07, 6.45) is 2.38. The lowest BCUT2D eigenvalue weighted by Crippen LogP contribution is -2.38. The van der Waals surface area contributed by atoms with Gasteiger partial charge in [-0.3, -0.25) is 9.80 Å². The Morgan fingerprint density at radius 3 is 2.81 bits per heavy atom. The molecule has 0 aliphatic carbocycles. The summed E-state index contributed by atoms with van der Waals surface area (Å²) in [7, 11) is 2.08. The number of nitrogens with zero attached hydrogens (tertiary/aromatic N) is 3. The highest BCUT2D eigenvalue weighted by molar-refractivity contribution is 5.29. The molecule has 6 nitrogen and oxygen atoms in total. The summed E-state index contributed by atoms with van der Waals surface area (Å²) >= 11 is 0. The minimum absolute atomic E-state index is 0.295. The summed E-state index contributed by atoms with van der Waals surface area (Å²) in [5.74, 6) is 1.76. The molecule has 0 radical (unpaired) electrons. The number of H-pyrrole nitrogens is 1. The maximum Gasteiger partial charge on any atom is 0.120 e. The molecule has 4 rings (SSSR count). The highest BCUT2D eigenvalue weighted by atomic mass is 16.5. The standard InChI is InChI=1S/C25H32N4O2/c1-19-13-26-25(27-19)17-28(2)14-20-6-5-9-24(12-20)31-18-23(30)16-29-11-10-21-7-3-4-8-22(21)15-29/h3-9,12-13,23,30H,10-11,14-18H2,1-2H3,(H,26,27)/t23-/m0/s1. The zero-order valence-corrected chi connectivity index (χ0v) is 18.4. The van der Waals surface area contributed by atoms with Crippen LogP contribution in [0, 0.1) is 6.92 Å². The molecule has 0 amide bonds. The highest BCUT2D eigenvalue weighted by Gasteiger charge is 2.18. The average molecular weight is 421 g/mol. The van der Waals surface area contributed by atoms with E-state index in [1.165, 1.54) is 16.7 Å². The summed E-state index contributed by atoms with van der Waals surface area (Å²) in [5.41, 5.74) is 5.04. The Morgan fingerprint density at radius 2 is 2.00 bits per heavy atom. The molecule has 0 spiro atoms. The lowest BCUT2D eigenvalue weighted by molar-refractivity contribution is 0.0637. The van der Waals surface area contributed by atoms with E-state index in [0.29, 0.717) is 13.2 Å². The quantitative estimate of drug-likeness (QED) is 0.557. The van der Waals surface area contributed by atoms with Crippen LogP contribution >= 0.6 is 0 Å². The summed E-state index contributed by atoms with van der Waals surface area (Å²) in [5, 5.41) is 10.5. The predicted octanol–water partition coefficient (Wildman–Crippen LogP) is 3.15. The highest BCUT2D eigenvalue weighted by Crippen LogP contribution is 2.19. The van der Waals surface area contributed by atoms with Crippen LogP contribution in [0.5, 0.6) is 5.75 Å². The number of rotatable bonds is 9. The predicted molar refractivity (Wildman–Crippen MR) is 122 cm³/mol. The van der Waals surface area contributed by atoms with Crippen LogP contribution in [0.15, 0.2) is 54.7 Å². The van der Waals surface area contributed by atoms with Crippen LogP contribution in [-0.4, -0.2) is 57.7 Å². The van der Waals surface area contributed by atoms with Gasteiger partial charge in [-0.2, -0.15) is 0 Å². The molecule has 2 N–H and O–H groups in total. The molecule has 1 aliphatic rings. The normalized spacial score (nSPS) is 15.1. The van der Waals surface area contributed by atoms with Crippen molar-refractivity contribution in [3.8, 4) is 5.75 Å². The summed E-state index contributed by atoms with van der Waals surface area (Å²) < 4.78 is 5.91. The van der Waals surface area contributed by atoms with E-state index in [-0.39, 0.29) is 0 Å². The van der Waals surface area contributed by atoms with Gasteiger partial charge in [0, 0.05) is 38.1 Å². The minimum Gasteiger partial charge on any atom is -0.491 e. The van der Waals surface area contributed by atoms with Crippen molar-refractivity contribution in [1.82, 2.24) is 19.8 Å². The van der Waals surface area contributed by atoms with Crippen LogP contribution < -0.4 is 4.74 Å². The fourth-order valence-electron chi connectivity index (χ4n) is 4.16. The Balaban J connectivity index is 1.24. The van der Waals surface area contributed by atoms with Gasteiger partial charge in [0.25, 0.3) is 0 Å². The fourth-order valence-corrected chi connectivity index (χ4v) is 4.16. The van der Waals surface area contributed by atoms with Crippen molar-refractivity contribution in [3.05, 3.63) is 82.9 Å². The third-order valence-corrected chi connectivity index (χ3v) is 5.65. The number of nitrogens with one attached hydrogen (secondary N) is 1. The van der Waals surface area contributed by atoms with E-state index in [0.717, 1.165) is 49.9 Å². The first kappa shape index (κ1) is 21.6. The zero-order chi connectivity index (χ0) is 21.6. The smallest absolute Gasteiger partial charge is 0.120 e. The van der Waals surface area contributed by atoms with Crippen molar-refractivity contribution < 1.29 is 9.84 Å². The molecular formula is C25H32N4O2. The Kier molecular flexibility index (Phi) is 7.02. The Labute approximate surface area is 184 Å². The van der Waals surface area contributed by atoms with E-state index in [4.69, 9.17) is 4.74 Å². The van der Waals surface area contributed by atoms with E-state index < -0.39 is 6.10 Å². The first-order valence-electron chi connectivity index (χ1n) is 10.9. The van der Waals surface area contributed by atoms with Crippen molar-refractivity contribution in [2.24, 2.45) is 0 Å². The van der Waals surface area contributed by atoms with Crippen molar-refractivity contribution in [2.75, 3.05) is 26.7 Å². The van der Waals surface area contributed by atoms with Gasteiger partial charge in [0.1, 0.15) is 24.3 Å². The number of aromatic nitrogens is 2. The zero-order valence-electron chi connectivity index (χ0n) is 18.4. The number of aliphatic hydroxyl groups is 1. The Bertz CT molecular complexity index is 987. The molecule has 1 atom stereocenters. The molecule has 31 heavy (non-hydrogen) atoms. The van der Waals surface area contributed by atoms with Crippen molar-refractivity contribution in [1.29, 1.82) is 0 Å². The molecule has 164 valence electrons. The van der Waals surface area contributed by atoms with Gasteiger partial charge >= 0.3 is 0 Å². The monoisotopic (exact) mass is 420 g/mol. The maximum absolute atomic E-state index is 10.5. The molecule has 2 aromatic carbocycles. The van der Waals surface area contributed by atoms with Crippen molar-refractivity contribution in [3.63, 3.8) is 0 Å². The second-order valence-electron chi connectivity index (χ2n) is 8.55. The largest absolute Gasteiger partial charge is 0.491 e. The minimum atomic E-state index is -0.515. The molecule has 0 unspecified atom stereocenters. The molecule has 0 bridgehead atoms. The number of aliphatic hydroxyl groups excluding tert-OH is 1. The van der Waals surface area contributed by atoms with Crippen molar-refractivity contribution >= 4 is 0 Å². The first-order valence-corrected chi connectivity index (χ1v) is 10.9. The summed E-state index contributed by atoms with van der Waals surface area (Å²) in [6, 6.07) is 16.7. The first-order chi connectivity index (χ1) is 15.0. The van der Waals surface area contributed by atoms with Gasteiger partial charge in [-0.05, 0) is 49.2 Å². The molecule has 0 saturated carbocycles. The van der Waals surface area contributed by atoms with Crippen LogP contribution in [-0.2, 0) is 26.1 Å². The molecule has 3 aromatic rings. The van der Waals surface area contributed by atoms with E-state index in [2.05, 4.69) is 57.1 Å². The van der Waals surface area contributed by atoms with Crippen LogP contribution in [0.2, 0.25) is 0 Å². The SMILES string of the molecule is Cc1cnc(CN(C)Cc2cccc(OC[C@@H](O)CN3CCc4ccccc4C3)c2)[nH]1. The Morgan fingerprint density at radius 1 is 1.16 bits per heavy atom. The van der Waals surface area contributed by atoms with Gasteiger partial charge in [-0.25, -0.2) is 4.98 Å². The second kappa shape index (κ2) is 10.1. The van der Waals surface area contributed by atoms with Gasteiger partial charge in [0.15, 0.2) is 0 Å². The van der Waals surface area contributed by atoms with Crippen LogP contribution in [0.25, 0.3) is 0 Å². The lowest BCUT2D eigenvalue weighted by atomic mass is 10.00. The van der Waals surface area contributed by atoms with Gasteiger partial charge in [0.2, 0.25) is 0 Å². The average Bonchev–Trinajstić information content (AvgIpc) is 3.16. The fraction of sp³-hybridized carbons (Fsp3) is 0.400. The molecule has 1 aliphatic heterocycles. The maximum atomic E-state index is 10.5. The van der Waals surface area contributed by atoms with E-state index in [9.17, 15) is 5.11 Å². The number of imidazole rings is 1. The van der Waals surface area contributed by atoms with Gasteiger partial charge in [0.05, 0.1) is 6.54 Å². The molecule has 2 heterocycles. The summed E-state index contributed by atoms with van der Waals surface area (Å²) in [4.78, 5) is 12.1. The Hall–Kier alpha value is -2.67. The molecular weight excluding hydrogens is 388 g/mol. The van der Waals surface area contributed by atoms with Gasteiger partial charge in [-0.15, -0.1) is 0 Å². The third-order valence-electron chi connectivity index (χ3n) is 5.65.